The van der Waals surface area contributed by atoms with Crippen molar-refractivity contribution in [3.63, 3.8) is 0 Å². The van der Waals surface area contributed by atoms with Gasteiger partial charge in [-0.05, 0) is 24.1 Å². The first-order chi connectivity index (χ1) is 12.6. The highest BCUT2D eigenvalue weighted by Gasteiger charge is 2.17. The number of carbonyl (C=O) groups excluding carboxylic acids is 1. The minimum absolute atomic E-state index is 0.0743. The number of anilines is 1. The number of nitrogens with zero attached hydrogens (tertiary/aromatic N) is 3. The second-order valence-corrected chi connectivity index (χ2v) is 6.23. The molecule has 0 fully saturated rings. The number of ether oxygens (including phenoxy) is 2. The third-order valence-corrected chi connectivity index (χ3v) is 4.42. The molecule has 1 aromatic carbocycles. The highest BCUT2D eigenvalue weighted by Crippen LogP contribution is 2.29. The number of hydrogen-bond donors (Lipinski definition) is 1. The second kappa shape index (κ2) is 8.05. The number of rotatable bonds is 6. The predicted molar refractivity (Wildman–Crippen MR) is 100 cm³/mol. The SMILES string of the molecule is COc1ccc(OC)c(NC(=O)CN2CC=C(c3cnn(C)c3)CC2)c1. The predicted octanol–water partition coefficient (Wildman–Crippen LogP) is 2.17. The van der Waals surface area contributed by atoms with Crippen molar-refractivity contribution in [2.24, 2.45) is 7.05 Å². The Kier molecular flexibility index (Phi) is 5.58. The number of carbonyl (C=O) groups is 1. The number of aryl methyl sites for hydroxylation is 1. The van der Waals surface area contributed by atoms with Crippen molar-refractivity contribution in [1.82, 2.24) is 14.7 Å². The molecule has 0 unspecified atom stereocenters. The Morgan fingerprint density at radius 1 is 1.31 bits per heavy atom. The van der Waals surface area contributed by atoms with E-state index in [0.29, 0.717) is 23.7 Å². The van der Waals surface area contributed by atoms with Gasteiger partial charge < -0.3 is 14.8 Å². The largest absolute Gasteiger partial charge is 0.497 e. The van der Waals surface area contributed by atoms with Gasteiger partial charge in [-0.15, -0.1) is 0 Å². The monoisotopic (exact) mass is 356 g/mol. The van der Waals surface area contributed by atoms with E-state index >= 15 is 0 Å². The molecule has 7 nitrogen and oxygen atoms in total. The number of methoxy groups -OCH3 is 2. The molecule has 3 rings (SSSR count). The van der Waals surface area contributed by atoms with E-state index in [1.54, 1.807) is 37.1 Å². The molecule has 0 bridgehead atoms. The maximum Gasteiger partial charge on any atom is 0.238 e. The molecule has 0 atom stereocenters. The van der Waals surface area contributed by atoms with E-state index in [4.69, 9.17) is 9.47 Å². The van der Waals surface area contributed by atoms with Crippen molar-refractivity contribution in [1.29, 1.82) is 0 Å². The van der Waals surface area contributed by atoms with E-state index in [2.05, 4.69) is 21.4 Å². The van der Waals surface area contributed by atoms with Crippen LogP contribution in [0.2, 0.25) is 0 Å². The fourth-order valence-corrected chi connectivity index (χ4v) is 3.01. The molecule has 1 amide bonds. The number of benzene rings is 1. The van der Waals surface area contributed by atoms with Crippen LogP contribution in [0.15, 0.2) is 36.7 Å². The molecule has 0 radical (unpaired) electrons. The van der Waals surface area contributed by atoms with Crippen LogP contribution in [0.3, 0.4) is 0 Å². The van der Waals surface area contributed by atoms with E-state index in [9.17, 15) is 4.79 Å². The van der Waals surface area contributed by atoms with Gasteiger partial charge in [0.1, 0.15) is 11.5 Å². The summed E-state index contributed by atoms with van der Waals surface area (Å²) in [6.07, 6.45) is 6.97. The van der Waals surface area contributed by atoms with E-state index in [1.165, 1.54) is 5.57 Å². The zero-order valence-electron chi connectivity index (χ0n) is 15.4. The third-order valence-electron chi connectivity index (χ3n) is 4.42. The van der Waals surface area contributed by atoms with Gasteiger partial charge in [-0.1, -0.05) is 6.08 Å². The average Bonchev–Trinajstić information content (AvgIpc) is 3.08. The Balaban J connectivity index is 1.59. The first-order valence-electron chi connectivity index (χ1n) is 8.51. The molecular formula is C19H24N4O3. The van der Waals surface area contributed by atoms with Crippen LogP contribution < -0.4 is 14.8 Å². The van der Waals surface area contributed by atoms with E-state index < -0.39 is 0 Å². The standard InChI is InChI=1S/C19H24N4O3/c1-22-12-15(11-20-22)14-6-8-23(9-7-14)13-19(24)21-17-10-16(25-2)4-5-18(17)26-3/h4-6,10-12H,7-9,13H2,1-3H3,(H,21,24). The summed E-state index contributed by atoms with van der Waals surface area (Å²) in [5.74, 6) is 1.20. The van der Waals surface area contributed by atoms with Crippen LogP contribution >= 0.6 is 0 Å². The van der Waals surface area contributed by atoms with Gasteiger partial charge in [0, 0.05) is 38.0 Å². The summed E-state index contributed by atoms with van der Waals surface area (Å²) in [5, 5.41) is 7.12. The van der Waals surface area contributed by atoms with Crippen molar-refractivity contribution < 1.29 is 14.3 Å². The lowest BCUT2D eigenvalue weighted by Gasteiger charge is -2.25. The first-order valence-corrected chi connectivity index (χ1v) is 8.51. The molecule has 0 spiro atoms. The van der Waals surface area contributed by atoms with Gasteiger partial charge in [0.2, 0.25) is 5.91 Å². The second-order valence-electron chi connectivity index (χ2n) is 6.23. The fraction of sp³-hybridized carbons (Fsp3) is 0.368. The zero-order chi connectivity index (χ0) is 18.5. The van der Waals surface area contributed by atoms with Crippen LogP contribution in [0.4, 0.5) is 5.69 Å². The Bertz CT molecular complexity index is 813. The minimum atomic E-state index is -0.0743. The topological polar surface area (TPSA) is 68.6 Å². The summed E-state index contributed by atoms with van der Waals surface area (Å²) in [4.78, 5) is 14.5. The molecule has 138 valence electrons. The lowest BCUT2D eigenvalue weighted by Crippen LogP contribution is -2.36. The molecule has 1 N–H and O–H groups in total. The maximum absolute atomic E-state index is 12.4. The van der Waals surface area contributed by atoms with Crippen molar-refractivity contribution in [3.8, 4) is 11.5 Å². The molecule has 0 aliphatic carbocycles. The number of aromatic nitrogens is 2. The molecule has 26 heavy (non-hydrogen) atoms. The Labute approximate surface area is 153 Å². The summed E-state index contributed by atoms with van der Waals surface area (Å²) in [5.41, 5.74) is 3.04. The summed E-state index contributed by atoms with van der Waals surface area (Å²) in [6.45, 7) is 1.91. The highest BCUT2D eigenvalue weighted by molar-refractivity contribution is 5.94. The maximum atomic E-state index is 12.4. The first kappa shape index (κ1) is 18.0. The molecule has 2 aromatic rings. The van der Waals surface area contributed by atoms with Crippen molar-refractivity contribution in [3.05, 3.63) is 42.2 Å². The Morgan fingerprint density at radius 2 is 2.15 bits per heavy atom. The average molecular weight is 356 g/mol. The zero-order valence-corrected chi connectivity index (χ0v) is 15.4. The van der Waals surface area contributed by atoms with Gasteiger partial charge in [-0.25, -0.2) is 0 Å². The molecule has 1 aromatic heterocycles. The summed E-state index contributed by atoms with van der Waals surface area (Å²) < 4.78 is 12.3. The van der Waals surface area contributed by atoms with Crippen LogP contribution in [0, 0.1) is 0 Å². The highest BCUT2D eigenvalue weighted by atomic mass is 16.5. The van der Waals surface area contributed by atoms with E-state index in [0.717, 1.165) is 25.1 Å². The summed E-state index contributed by atoms with van der Waals surface area (Å²) >= 11 is 0. The van der Waals surface area contributed by atoms with Crippen LogP contribution in [0.25, 0.3) is 5.57 Å². The van der Waals surface area contributed by atoms with E-state index in [1.807, 2.05) is 19.4 Å². The molecule has 7 heteroatoms. The van der Waals surface area contributed by atoms with Crippen LogP contribution in [0.5, 0.6) is 11.5 Å². The van der Waals surface area contributed by atoms with Gasteiger partial charge >= 0.3 is 0 Å². The summed E-state index contributed by atoms with van der Waals surface area (Å²) in [7, 11) is 5.08. The molecule has 0 saturated carbocycles. The number of nitrogens with one attached hydrogen (secondary N) is 1. The van der Waals surface area contributed by atoms with Gasteiger partial charge in [0.15, 0.2) is 0 Å². The van der Waals surface area contributed by atoms with Crippen molar-refractivity contribution in [2.45, 2.75) is 6.42 Å². The molecular weight excluding hydrogens is 332 g/mol. The lowest BCUT2D eigenvalue weighted by molar-refractivity contribution is -0.117. The number of hydrogen-bond acceptors (Lipinski definition) is 5. The summed E-state index contributed by atoms with van der Waals surface area (Å²) in [6, 6.07) is 5.33. The van der Waals surface area contributed by atoms with Gasteiger partial charge in [0.25, 0.3) is 0 Å². The van der Waals surface area contributed by atoms with Crippen molar-refractivity contribution in [2.75, 3.05) is 39.2 Å². The van der Waals surface area contributed by atoms with Crippen LogP contribution in [0.1, 0.15) is 12.0 Å². The van der Waals surface area contributed by atoms with Gasteiger partial charge in [-0.3, -0.25) is 14.4 Å². The van der Waals surface area contributed by atoms with Crippen molar-refractivity contribution >= 4 is 17.2 Å². The third kappa shape index (κ3) is 4.23. The molecule has 1 aliphatic heterocycles. The van der Waals surface area contributed by atoms with Gasteiger partial charge in [0.05, 0.1) is 32.6 Å². The molecule has 2 heterocycles. The fourth-order valence-electron chi connectivity index (χ4n) is 3.01. The van der Waals surface area contributed by atoms with Crippen LogP contribution in [-0.2, 0) is 11.8 Å². The lowest BCUT2D eigenvalue weighted by atomic mass is 10.0. The normalized spacial score (nSPS) is 14.7. The Morgan fingerprint density at radius 3 is 2.77 bits per heavy atom. The van der Waals surface area contributed by atoms with E-state index in [-0.39, 0.29) is 5.91 Å². The molecule has 1 aliphatic rings. The number of amides is 1. The smallest absolute Gasteiger partial charge is 0.238 e. The van der Waals surface area contributed by atoms with Crippen LogP contribution in [-0.4, -0.2) is 54.4 Å². The van der Waals surface area contributed by atoms with Gasteiger partial charge in [-0.2, -0.15) is 5.10 Å². The Hall–Kier alpha value is -2.80. The minimum Gasteiger partial charge on any atom is -0.497 e. The molecule has 0 saturated heterocycles. The quantitative estimate of drug-likeness (QED) is 0.859.